The van der Waals surface area contributed by atoms with Gasteiger partial charge in [-0.1, -0.05) is 31.5 Å². The summed E-state index contributed by atoms with van der Waals surface area (Å²) >= 11 is 5.60. The van der Waals surface area contributed by atoms with Gasteiger partial charge >= 0.3 is 0 Å². The number of benzene rings is 2. The number of rotatable bonds is 5. The number of hydrogen-bond donors (Lipinski definition) is 2. The Kier molecular flexibility index (Phi) is 15.0. The molecule has 1 saturated heterocycles. The number of carbonyl (C=O) groups is 2. The highest BCUT2D eigenvalue weighted by atomic mass is 35.5. The maximum atomic E-state index is 11.6. The Bertz CT molecular complexity index is 1080. The second-order valence-electron chi connectivity index (χ2n) is 7.22. The van der Waals surface area contributed by atoms with Crippen LogP contribution >= 0.6 is 20.8 Å². The molecule has 0 radical (unpaired) electrons. The molecule has 4 rings (SSSR count). The minimum atomic E-state index is -0.0898. The third-order valence-electron chi connectivity index (χ3n) is 4.75. The zero-order valence-corrected chi connectivity index (χ0v) is 22.3. The molecule has 0 aliphatic carbocycles. The van der Waals surface area contributed by atoms with Gasteiger partial charge in [0, 0.05) is 34.3 Å². The van der Waals surface area contributed by atoms with Gasteiger partial charge in [0.1, 0.15) is 0 Å². The summed E-state index contributed by atoms with van der Waals surface area (Å²) in [5.41, 5.74) is 2.13. The van der Waals surface area contributed by atoms with Gasteiger partial charge in [0.05, 0.1) is 0 Å². The van der Waals surface area contributed by atoms with Crippen LogP contribution in [-0.4, -0.2) is 42.4 Å². The predicted molar refractivity (Wildman–Crippen MR) is 150 cm³/mol. The van der Waals surface area contributed by atoms with Crippen LogP contribution in [-0.2, 0) is 9.59 Å². The van der Waals surface area contributed by atoms with Crippen molar-refractivity contribution in [3.8, 4) is 5.69 Å². The minimum absolute atomic E-state index is 0.0898. The molecule has 0 bridgehead atoms. The molecular formula is C26H34ClN4O3P. The van der Waals surface area contributed by atoms with Crippen molar-refractivity contribution >= 4 is 50.3 Å². The van der Waals surface area contributed by atoms with Gasteiger partial charge in [0.2, 0.25) is 12.8 Å². The van der Waals surface area contributed by atoms with Gasteiger partial charge in [-0.2, -0.15) is 0 Å². The number of likely N-dealkylation sites (tertiary alicyclic amines) is 1. The molecule has 0 spiro atoms. The maximum Gasteiger partial charge on any atom is 0.255 e. The van der Waals surface area contributed by atoms with Crippen molar-refractivity contribution in [3.05, 3.63) is 82.2 Å². The maximum absolute atomic E-state index is 11.6. The monoisotopic (exact) mass is 516 g/mol. The summed E-state index contributed by atoms with van der Waals surface area (Å²) in [6.07, 6.45) is 5.78. The summed E-state index contributed by atoms with van der Waals surface area (Å²) in [4.78, 5) is 34.3. The first-order valence-electron chi connectivity index (χ1n) is 11.4. The van der Waals surface area contributed by atoms with Crippen molar-refractivity contribution in [1.82, 2.24) is 9.47 Å². The highest BCUT2D eigenvalue weighted by molar-refractivity contribution is 7.28. The number of nitrogens with one attached hydrogen (secondary N) is 2. The number of pyridine rings is 1. The Hall–Kier alpha value is -2.99. The van der Waals surface area contributed by atoms with Gasteiger partial charge in [-0.15, -0.1) is 9.24 Å². The van der Waals surface area contributed by atoms with E-state index in [2.05, 4.69) is 31.8 Å². The van der Waals surface area contributed by atoms with Crippen molar-refractivity contribution in [2.24, 2.45) is 0 Å². The molecule has 1 atom stereocenters. The first kappa shape index (κ1) is 30.0. The summed E-state index contributed by atoms with van der Waals surface area (Å²) in [7, 11) is 4.70. The minimum Gasteiger partial charge on any atom is -0.329 e. The lowest BCUT2D eigenvalue weighted by Gasteiger charge is -2.08. The van der Waals surface area contributed by atoms with Gasteiger partial charge in [-0.25, -0.2) is 0 Å². The van der Waals surface area contributed by atoms with Crippen molar-refractivity contribution in [3.63, 3.8) is 0 Å². The lowest BCUT2D eigenvalue weighted by Crippen LogP contribution is -2.17. The Labute approximate surface area is 214 Å². The zero-order valence-electron chi connectivity index (χ0n) is 20.4. The number of aromatic nitrogens is 1. The average molecular weight is 517 g/mol. The fraction of sp³-hybridized carbons (Fsp3) is 0.269. The average Bonchev–Trinajstić information content (AvgIpc) is 3.35. The molecule has 1 fully saturated rings. The van der Waals surface area contributed by atoms with Crippen molar-refractivity contribution < 1.29 is 9.59 Å². The van der Waals surface area contributed by atoms with Crippen LogP contribution in [0.4, 0.5) is 11.4 Å². The van der Waals surface area contributed by atoms with Gasteiger partial charge in [-0.3, -0.25) is 19.0 Å². The molecule has 2 aromatic carbocycles. The number of anilines is 2. The SMILES string of the molecule is CC.CN1CCCC1.O=CNc1ccc(-n2ccccc2=O)cc1P.O=CNc1ccc(Cl)cc1. The smallest absolute Gasteiger partial charge is 0.255 e. The number of carbonyl (C=O) groups excluding carboxylic acids is 2. The van der Waals surface area contributed by atoms with E-state index in [0.717, 1.165) is 16.7 Å². The standard InChI is InChI=1S/C12H11N2O2P.C7H6ClNO.C5H11N.C2H6/c15-8-13-10-5-4-9(7-11(10)17)14-6-2-1-3-12(14)16;8-6-1-3-7(4-2-6)9-5-10;1-6-4-2-3-5-6;1-2/h1-8H,17H2,(H,13,15);1-5H,(H,9,10);2-5H2,1H3;1-2H3. The molecule has 188 valence electrons. The van der Waals surface area contributed by atoms with Gasteiger partial charge in [0.25, 0.3) is 5.56 Å². The van der Waals surface area contributed by atoms with Crippen LogP contribution in [0.3, 0.4) is 0 Å². The summed E-state index contributed by atoms with van der Waals surface area (Å²) in [5.74, 6) is 0. The Morgan fingerprint density at radius 2 is 1.54 bits per heavy atom. The van der Waals surface area contributed by atoms with Gasteiger partial charge in [-0.05, 0) is 86.8 Å². The van der Waals surface area contributed by atoms with E-state index in [1.807, 2.05) is 19.9 Å². The first-order chi connectivity index (χ1) is 16.9. The number of halogens is 1. The normalized spacial score (nSPS) is 11.9. The Morgan fingerprint density at radius 3 is 2.03 bits per heavy atom. The van der Waals surface area contributed by atoms with Crippen LogP contribution in [0.5, 0.6) is 0 Å². The Morgan fingerprint density at radius 1 is 0.914 bits per heavy atom. The molecule has 2 amide bonds. The van der Waals surface area contributed by atoms with Crippen LogP contribution < -0.4 is 21.5 Å². The number of nitrogens with zero attached hydrogens (tertiary/aromatic N) is 2. The second kappa shape index (κ2) is 17.4. The van der Waals surface area contributed by atoms with E-state index in [9.17, 15) is 14.4 Å². The molecule has 3 aromatic rings. The van der Waals surface area contributed by atoms with Gasteiger partial charge in [0.15, 0.2) is 0 Å². The summed E-state index contributed by atoms with van der Waals surface area (Å²) in [6, 6.07) is 17.2. The third kappa shape index (κ3) is 11.3. The lowest BCUT2D eigenvalue weighted by atomic mass is 10.2. The molecular weight excluding hydrogens is 483 g/mol. The van der Waals surface area contributed by atoms with Crippen LogP contribution in [0, 0.1) is 0 Å². The molecule has 1 unspecified atom stereocenters. The molecule has 7 nitrogen and oxygen atoms in total. The number of hydrogen-bond acceptors (Lipinski definition) is 4. The van der Waals surface area contributed by atoms with Gasteiger partial charge < -0.3 is 15.5 Å². The van der Waals surface area contributed by atoms with E-state index < -0.39 is 0 Å². The van der Waals surface area contributed by atoms with Crippen LogP contribution in [0.2, 0.25) is 5.02 Å². The largest absolute Gasteiger partial charge is 0.329 e. The first-order valence-corrected chi connectivity index (χ1v) is 12.3. The molecule has 2 heterocycles. The molecule has 1 aliphatic rings. The fourth-order valence-corrected chi connectivity index (χ4v) is 3.50. The molecule has 1 aromatic heterocycles. The predicted octanol–water partition coefficient (Wildman–Crippen LogP) is 4.55. The molecule has 0 saturated carbocycles. The van der Waals surface area contributed by atoms with E-state index in [4.69, 9.17) is 11.6 Å². The molecule has 2 N–H and O–H groups in total. The van der Waals surface area contributed by atoms with Crippen LogP contribution in [0.1, 0.15) is 26.7 Å². The summed E-state index contributed by atoms with van der Waals surface area (Å²) in [5, 5.41) is 6.56. The lowest BCUT2D eigenvalue weighted by molar-refractivity contribution is -0.106. The number of amides is 2. The highest BCUT2D eigenvalue weighted by Gasteiger charge is 2.03. The van der Waals surface area contributed by atoms with Crippen molar-refractivity contribution in [2.75, 3.05) is 30.8 Å². The van der Waals surface area contributed by atoms with Crippen LogP contribution in [0.15, 0.2) is 71.7 Å². The topological polar surface area (TPSA) is 83.4 Å². The van der Waals surface area contributed by atoms with E-state index in [1.54, 1.807) is 54.7 Å². The van der Waals surface area contributed by atoms with Crippen LogP contribution in [0.25, 0.3) is 5.69 Å². The highest BCUT2D eigenvalue weighted by Crippen LogP contribution is 2.13. The quantitative estimate of drug-likeness (QED) is 0.385. The fourth-order valence-electron chi connectivity index (χ4n) is 3.02. The van der Waals surface area contributed by atoms with E-state index in [0.29, 0.717) is 23.5 Å². The molecule has 1 aliphatic heterocycles. The Balaban J connectivity index is 0.000000287. The van der Waals surface area contributed by atoms with Crippen molar-refractivity contribution in [1.29, 1.82) is 0 Å². The van der Waals surface area contributed by atoms with E-state index in [-0.39, 0.29) is 5.56 Å². The van der Waals surface area contributed by atoms with Crippen molar-refractivity contribution in [2.45, 2.75) is 26.7 Å². The van der Waals surface area contributed by atoms with E-state index >= 15 is 0 Å². The molecule has 9 heteroatoms. The third-order valence-corrected chi connectivity index (χ3v) is 5.48. The summed E-state index contributed by atoms with van der Waals surface area (Å²) < 4.78 is 1.54. The molecule has 35 heavy (non-hydrogen) atoms. The second-order valence-corrected chi connectivity index (χ2v) is 8.28. The van der Waals surface area contributed by atoms with E-state index in [1.165, 1.54) is 36.6 Å². The zero-order chi connectivity index (χ0) is 26.1. The summed E-state index contributed by atoms with van der Waals surface area (Å²) in [6.45, 7) is 6.64.